The Morgan fingerprint density at radius 1 is 1.26 bits per heavy atom. The first-order valence-electron chi connectivity index (χ1n) is 11.4. The lowest BCUT2D eigenvalue weighted by Crippen LogP contribution is -2.36. The molecule has 3 aromatic rings. The fraction of sp³-hybridized carbons (Fsp3) is 0.500. The molecule has 166 valence electrons. The molecule has 1 fully saturated rings. The topological polar surface area (TPSA) is 64.3 Å². The molecule has 1 aromatic carbocycles. The second-order valence-electron chi connectivity index (χ2n) is 8.53. The van der Waals surface area contributed by atoms with Crippen LogP contribution in [-0.4, -0.2) is 60.0 Å². The molecule has 2 aromatic heterocycles. The van der Waals surface area contributed by atoms with E-state index >= 15 is 0 Å². The monoisotopic (exact) mass is 439 g/mol. The summed E-state index contributed by atoms with van der Waals surface area (Å²) in [6, 6.07) is 8.47. The van der Waals surface area contributed by atoms with Gasteiger partial charge in [0.05, 0.1) is 6.20 Å². The van der Waals surface area contributed by atoms with Crippen molar-refractivity contribution >= 4 is 33.3 Å². The molecule has 0 bridgehead atoms. The van der Waals surface area contributed by atoms with E-state index in [0.29, 0.717) is 4.88 Å². The number of benzene rings is 1. The van der Waals surface area contributed by atoms with E-state index in [1.54, 1.807) is 6.20 Å². The van der Waals surface area contributed by atoms with E-state index in [1.807, 2.05) is 6.07 Å². The summed E-state index contributed by atoms with van der Waals surface area (Å²) in [7, 11) is 2.16. The molecule has 0 saturated carbocycles. The zero-order valence-corrected chi connectivity index (χ0v) is 19.4. The minimum absolute atomic E-state index is 0.00312. The molecule has 0 spiro atoms. The summed E-state index contributed by atoms with van der Waals surface area (Å²) in [5.74, 6) is -0.00312. The van der Waals surface area contributed by atoms with Crippen molar-refractivity contribution in [1.29, 1.82) is 0 Å². The Kier molecular flexibility index (Phi) is 7.25. The Labute approximate surface area is 188 Å². The lowest BCUT2D eigenvalue weighted by Gasteiger charge is -2.19. The Morgan fingerprint density at radius 3 is 3.00 bits per heavy atom. The summed E-state index contributed by atoms with van der Waals surface area (Å²) in [5.41, 5.74) is 2.41. The van der Waals surface area contributed by atoms with Crippen molar-refractivity contribution in [3.8, 4) is 0 Å². The normalized spacial score (nSPS) is 16.4. The third-order valence-corrected chi connectivity index (χ3v) is 7.15. The van der Waals surface area contributed by atoms with Gasteiger partial charge >= 0.3 is 0 Å². The van der Waals surface area contributed by atoms with Crippen molar-refractivity contribution in [3.63, 3.8) is 0 Å². The molecule has 1 aliphatic rings. The van der Waals surface area contributed by atoms with Crippen LogP contribution in [-0.2, 0) is 6.42 Å². The average Bonchev–Trinajstić information content (AvgIpc) is 3.37. The highest BCUT2D eigenvalue weighted by atomic mass is 32.1. The fourth-order valence-electron chi connectivity index (χ4n) is 4.25. The van der Waals surface area contributed by atoms with Crippen LogP contribution in [0.5, 0.6) is 0 Å². The summed E-state index contributed by atoms with van der Waals surface area (Å²) in [5, 5.41) is 5.50. The van der Waals surface area contributed by atoms with Crippen molar-refractivity contribution in [2.45, 2.75) is 45.1 Å². The molecule has 0 radical (unpaired) electrons. The van der Waals surface area contributed by atoms with E-state index in [1.165, 1.54) is 22.3 Å². The van der Waals surface area contributed by atoms with Crippen molar-refractivity contribution < 1.29 is 4.79 Å². The molecule has 3 heterocycles. The van der Waals surface area contributed by atoms with Gasteiger partial charge in [0.2, 0.25) is 0 Å². The predicted octanol–water partition coefficient (Wildman–Crippen LogP) is 4.30. The number of H-pyrrole nitrogens is 1. The maximum atomic E-state index is 13.1. The van der Waals surface area contributed by atoms with Crippen LogP contribution in [0.15, 0.2) is 36.7 Å². The summed E-state index contributed by atoms with van der Waals surface area (Å²) in [6.45, 7) is 6.30. The number of nitrogens with one attached hydrogen (secondary N) is 2. The van der Waals surface area contributed by atoms with Gasteiger partial charge in [0.15, 0.2) is 5.13 Å². The Balaban J connectivity index is 1.43. The number of rotatable bonds is 8. The van der Waals surface area contributed by atoms with E-state index in [9.17, 15) is 4.79 Å². The number of carbonyl (C=O) groups excluding carboxylic acids is 1. The highest BCUT2D eigenvalue weighted by Crippen LogP contribution is 2.25. The zero-order valence-electron chi connectivity index (χ0n) is 18.6. The van der Waals surface area contributed by atoms with Gasteiger partial charge in [0.1, 0.15) is 4.88 Å². The van der Waals surface area contributed by atoms with Gasteiger partial charge in [-0.15, -0.1) is 0 Å². The Morgan fingerprint density at radius 2 is 2.13 bits per heavy atom. The molecular formula is C24H33N5OS. The molecule has 1 saturated heterocycles. The van der Waals surface area contributed by atoms with Crippen LogP contribution >= 0.6 is 11.3 Å². The van der Waals surface area contributed by atoms with Gasteiger partial charge in [-0.25, -0.2) is 4.98 Å². The molecule has 31 heavy (non-hydrogen) atoms. The highest BCUT2D eigenvalue weighted by Gasteiger charge is 2.20. The maximum Gasteiger partial charge on any atom is 0.263 e. The first-order chi connectivity index (χ1) is 15.1. The molecular weight excluding hydrogens is 406 g/mol. The summed E-state index contributed by atoms with van der Waals surface area (Å²) < 4.78 is 0. The van der Waals surface area contributed by atoms with Crippen molar-refractivity contribution in [2.24, 2.45) is 0 Å². The van der Waals surface area contributed by atoms with Crippen LogP contribution in [0, 0.1) is 0 Å². The number of aromatic amines is 1. The predicted molar refractivity (Wildman–Crippen MR) is 129 cm³/mol. The van der Waals surface area contributed by atoms with E-state index in [0.717, 1.165) is 68.9 Å². The second kappa shape index (κ2) is 10.3. The lowest BCUT2D eigenvalue weighted by atomic mass is 10.0. The quantitative estimate of drug-likeness (QED) is 0.549. The van der Waals surface area contributed by atoms with Gasteiger partial charge in [-0.1, -0.05) is 49.3 Å². The summed E-state index contributed by atoms with van der Waals surface area (Å²) in [4.78, 5) is 26.3. The van der Waals surface area contributed by atoms with Crippen LogP contribution in [0.4, 0.5) is 5.13 Å². The highest BCUT2D eigenvalue weighted by molar-refractivity contribution is 7.17. The number of likely N-dealkylation sites (N-methyl/N-ethyl adjacent to an activating group) is 1. The molecule has 0 aliphatic carbocycles. The minimum Gasteiger partial charge on any atom is -0.361 e. The summed E-state index contributed by atoms with van der Waals surface area (Å²) in [6.07, 6.45) is 8.98. The van der Waals surface area contributed by atoms with Crippen LogP contribution in [0.25, 0.3) is 10.9 Å². The number of para-hydroxylation sites is 1. The van der Waals surface area contributed by atoms with E-state index in [-0.39, 0.29) is 11.9 Å². The number of unbranched alkanes of at least 4 members (excludes halogenated alkanes) is 1. The largest absolute Gasteiger partial charge is 0.361 e. The van der Waals surface area contributed by atoms with Gasteiger partial charge in [-0.3, -0.25) is 4.79 Å². The molecule has 7 heteroatoms. The second-order valence-corrected chi connectivity index (χ2v) is 9.54. The SMILES string of the molecule is CCCCC(Cc1c[nH]c2ccccc12)NC(=O)c1cnc(N2CCCN(C)CC2)s1. The standard InChI is InChI=1S/C24H33N5OS/c1-3-4-8-19(15-18-16-25-21-10-6-5-9-20(18)21)27-23(30)22-17-26-24(31-22)29-12-7-11-28(2)13-14-29/h5-6,9-10,16-17,19,25H,3-4,7-8,11-15H2,1-2H3,(H,27,30). The van der Waals surface area contributed by atoms with Gasteiger partial charge in [-0.2, -0.15) is 0 Å². The van der Waals surface area contributed by atoms with Crippen LogP contribution < -0.4 is 10.2 Å². The van der Waals surface area contributed by atoms with Gasteiger partial charge in [-0.05, 0) is 44.5 Å². The molecule has 1 atom stereocenters. The van der Waals surface area contributed by atoms with Gasteiger partial charge in [0.25, 0.3) is 5.91 Å². The van der Waals surface area contributed by atoms with Gasteiger partial charge in [0, 0.05) is 42.8 Å². The van der Waals surface area contributed by atoms with Crippen LogP contribution in [0.1, 0.15) is 47.8 Å². The first-order valence-corrected chi connectivity index (χ1v) is 12.2. The molecule has 1 unspecified atom stereocenters. The number of hydrogen-bond donors (Lipinski definition) is 2. The number of fused-ring (bicyclic) bond motifs is 1. The number of thiazole rings is 1. The maximum absolute atomic E-state index is 13.1. The fourth-order valence-corrected chi connectivity index (χ4v) is 5.12. The summed E-state index contributed by atoms with van der Waals surface area (Å²) >= 11 is 1.51. The third-order valence-electron chi connectivity index (χ3n) is 6.09. The molecule has 2 N–H and O–H groups in total. The molecule has 6 nitrogen and oxygen atoms in total. The van der Waals surface area contributed by atoms with Gasteiger partial charge < -0.3 is 20.1 Å². The smallest absolute Gasteiger partial charge is 0.263 e. The van der Waals surface area contributed by atoms with Crippen LogP contribution in [0.3, 0.4) is 0 Å². The number of aromatic nitrogens is 2. The van der Waals surface area contributed by atoms with Crippen molar-refractivity contribution in [3.05, 3.63) is 47.1 Å². The first kappa shape index (κ1) is 21.8. The number of carbonyl (C=O) groups is 1. The zero-order chi connectivity index (χ0) is 21.6. The lowest BCUT2D eigenvalue weighted by molar-refractivity contribution is 0.0938. The average molecular weight is 440 g/mol. The Hall–Kier alpha value is -2.38. The third kappa shape index (κ3) is 5.46. The molecule has 1 aliphatic heterocycles. The van der Waals surface area contributed by atoms with E-state index in [2.05, 4.69) is 63.5 Å². The molecule has 1 amide bonds. The molecule has 4 rings (SSSR count). The number of nitrogens with zero attached hydrogens (tertiary/aromatic N) is 3. The van der Waals surface area contributed by atoms with E-state index in [4.69, 9.17) is 0 Å². The van der Waals surface area contributed by atoms with Crippen LogP contribution in [0.2, 0.25) is 0 Å². The van der Waals surface area contributed by atoms with Crippen molar-refractivity contribution in [2.75, 3.05) is 38.1 Å². The van der Waals surface area contributed by atoms with Crippen molar-refractivity contribution in [1.82, 2.24) is 20.2 Å². The minimum atomic E-state index is -0.00312. The van der Waals surface area contributed by atoms with E-state index < -0.39 is 0 Å². The number of anilines is 1. The number of hydrogen-bond acceptors (Lipinski definition) is 5. The Bertz CT molecular complexity index is 997. The number of amides is 1.